The van der Waals surface area contributed by atoms with Crippen LogP contribution < -0.4 is 5.73 Å². The Balaban J connectivity index is 1.92. The van der Waals surface area contributed by atoms with Crippen LogP contribution in [0.1, 0.15) is 26.2 Å². The van der Waals surface area contributed by atoms with Gasteiger partial charge >= 0.3 is 0 Å². The number of likely N-dealkylation sites (tertiary alicyclic amines) is 2. The molecule has 2 rings (SSSR count). The first-order chi connectivity index (χ1) is 8.97. The van der Waals surface area contributed by atoms with Crippen LogP contribution in [0.15, 0.2) is 0 Å². The Bertz CT molecular complexity index is 274. The lowest BCUT2D eigenvalue weighted by Crippen LogP contribution is -2.58. The zero-order chi connectivity index (χ0) is 14.0. The van der Waals surface area contributed by atoms with Gasteiger partial charge in [-0.25, -0.2) is 0 Å². The second kappa shape index (κ2) is 6.08. The van der Waals surface area contributed by atoms with Crippen molar-refractivity contribution >= 4 is 0 Å². The van der Waals surface area contributed by atoms with Gasteiger partial charge in [-0.3, -0.25) is 4.90 Å². The lowest BCUT2D eigenvalue weighted by atomic mass is 9.88. The number of likely N-dealkylation sites (N-methyl/N-ethyl adjacent to an activating group) is 1. The van der Waals surface area contributed by atoms with Crippen molar-refractivity contribution in [1.29, 1.82) is 0 Å². The van der Waals surface area contributed by atoms with Gasteiger partial charge in [0.1, 0.15) is 0 Å². The molecule has 0 bridgehead atoms. The fraction of sp³-hybridized carbons (Fsp3) is 1.00. The minimum absolute atomic E-state index is 0.247. The van der Waals surface area contributed by atoms with Crippen molar-refractivity contribution in [2.24, 2.45) is 11.7 Å². The van der Waals surface area contributed by atoms with Crippen LogP contribution in [0.5, 0.6) is 0 Å². The Morgan fingerprint density at radius 1 is 1.26 bits per heavy atom. The Hall–Kier alpha value is -0.160. The Morgan fingerprint density at radius 2 is 1.89 bits per heavy atom. The average molecular weight is 268 g/mol. The van der Waals surface area contributed by atoms with E-state index in [0.717, 1.165) is 19.0 Å². The Labute approximate surface area is 118 Å². The minimum atomic E-state index is 0.247. The summed E-state index contributed by atoms with van der Waals surface area (Å²) in [5.74, 6) is 0.873. The molecule has 0 amide bonds. The van der Waals surface area contributed by atoms with Gasteiger partial charge in [-0.15, -0.1) is 0 Å². The molecule has 2 aliphatic heterocycles. The zero-order valence-corrected chi connectivity index (χ0v) is 13.2. The van der Waals surface area contributed by atoms with Crippen LogP contribution in [-0.4, -0.2) is 80.1 Å². The lowest BCUT2D eigenvalue weighted by molar-refractivity contribution is 0.0562. The van der Waals surface area contributed by atoms with Gasteiger partial charge < -0.3 is 15.5 Å². The summed E-state index contributed by atoms with van der Waals surface area (Å²) >= 11 is 0. The maximum absolute atomic E-state index is 6.16. The molecule has 0 saturated carbocycles. The second-order valence-corrected chi connectivity index (χ2v) is 7.09. The van der Waals surface area contributed by atoms with Gasteiger partial charge in [0, 0.05) is 31.2 Å². The summed E-state index contributed by atoms with van der Waals surface area (Å²) in [4.78, 5) is 7.49. The van der Waals surface area contributed by atoms with E-state index < -0.39 is 0 Å². The predicted molar refractivity (Wildman–Crippen MR) is 81.3 cm³/mol. The summed E-state index contributed by atoms with van der Waals surface area (Å²) in [5.41, 5.74) is 6.41. The van der Waals surface area contributed by atoms with Crippen molar-refractivity contribution in [3.63, 3.8) is 0 Å². The van der Waals surface area contributed by atoms with Gasteiger partial charge in [0.2, 0.25) is 0 Å². The molecule has 2 heterocycles. The molecule has 2 atom stereocenters. The highest BCUT2D eigenvalue weighted by Crippen LogP contribution is 2.33. The molecule has 2 aliphatic rings. The number of rotatable bonds is 4. The molecule has 2 N–H and O–H groups in total. The third-order valence-corrected chi connectivity index (χ3v) is 5.26. The van der Waals surface area contributed by atoms with Crippen molar-refractivity contribution in [2.45, 2.75) is 37.8 Å². The van der Waals surface area contributed by atoms with Gasteiger partial charge in [-0.2, -0.15) is 0 Å². The smallest absolute Gasteiger partial charge is 0.0473 e. The van der Waals surface area contributed by atoms with Crippen LogP contribution in [0.2, 0.25) is 0 Å². The van der Waals surface area contributed by atoms with Crippen molar-refractivity contribution in [1.82, 2.24) is 14.7 Å². The molecule has 112 valence electrons. The Kier molecular flexibility index (Phi) is 4.88. The maximum Gasteiger partial charge on any atom is 0.0473 e. The summed E-state index contributed by atoms with van der Waals surface area (Å²) < 4.78 is 0. The fourth-order valence-electron chi connectivity index (χ4n) is 4.00. The van der Waals surface area contributed by atoms with E-state index in [1.54, 1.807) is 0 Å². The van der Waals surface area contributed by atoms with E-state index in [9.17, 15) is 0 Å². The first kappa shape index (κ1) is 15.2. The summed E-state index contributed by atoms with van der Waals surface area (Å²) in [6.07, 6.45) is 3.90. The lowest BCUT2D eigenvalue weighted by Gasteiger charge is -2.45. The van der Waals surface area contributed by atoms with E-state index >= 15 is 0 Å². The SMILES string of the molecule is CC1CC(CN)(N2CCC(CN(C)C)CC2)CN1C. The van der Waals surface area contributed by atoms with E-state index in [-0.39, 0.29) is 5.54 Å². The minimum Gasteiger partial charge on any atom is -0.329 e. The standard InChI is InChI=1S/C15H32N4/c1-13-9-15(11-16,12-18(13)4)19-7-5-14(6-8-19)10-17(2)3/h13-14H,5-12,16H2,1-4H3. The average Bonchev–Trinajstić information content (AvgIpc) is 2.66. The highest BCUT2D eigenvalue weighted by Gasteiger charge is 2.44. The topological polar surface area (TPSA) is 35.7 Å². The van der Waals surface area contributed by atoms with E-state index in [0.29, 0.717) is 6.04 Å². The van der Waals surface area contributed by atoms with E-state index in [2.05, 4.69) is 42.8 Å². The summed E-state index contributed by atoms with van der Waals surface area (Å²) in [6.45, 7) is 7.98. The van der Waals surface area contributed by atoms with Gasteiger partial charge in [-0.1, -0.05) is 0 Å². The molecule has 0 radical (unpaired) electrons. The van der Waals surface area contributed by atoms with Crippen molar-refractivity contribution < 1.29 is 0 Å². The number of hydrogen-bond acceptors (Lipinski definition) is 4. The van der Waals surface area contributed by atoms with Gasteiger partial charge in [0.05, 0.1) is 0 Å². The number of nitrogens with zero attached hydrogens (tertiary/aromatic N) is 3. The number of hydrogen-bond donors (Lipinski definition) is 1. The third-order valence-electron chi connectivity index (χ3n) is 5.26. The quantitative estimate of drug-likeness (QED) is 0.813. The normalized spacial score (nSPS) is 35.4. The van der Waals surface area contributed by atoms with E-state index in [1.807, 2.05) is 0 Å². The first-order valence-corrected chi connectivity index (χ1v) is 7.77. The van der Waals surface area contributed by atoms with E-state index in [4.69, 9.17) is 5.73 Å². The van der Waals surface area contributed by atoms with Crippen LogP contribution in [0, 0.1) is 5.92 Å². The molecule has 19 heavy (non-hydrogen) atoms. The molecule has 2 fully saturated rings. The van der Waals surface area contributed by atoms with Crippen LogP contribution in [0.4, 0.5) is 0 Å². The molecule has 0 aromatic heterocycles. The molecule has 4 nitrogen and oxygen atoms in total. The molecule has 0 aromatic carbocycles. The summed E-state index contributed by atoms with van der Waals surface area (Å²) in [7, 11) is 6.60. The van der Waals surface area contributed by atoms with Crippen LogP contribution in [0.25, 0.3) is 0 Å². The summed E-state index contributed by atoms with van der Waals surface area (Å²) in [6, 6.07) is 0.669. The molecule has 4 heteroatoms. The van der Waals surface area contributed by atoms with E-state index in [1.165, 1.54) is 38.9 Å². The molecule has 2 unspecified atom stereocenters. The maximum atomic E-state index is 6.16. The predicted octanol–water partition coefficient (Wildman–Crippen LogP) is 0.682. The Morgan fingerprint density at radius 3 is 2.32 bits per heavy atom. The largest absolute Gasteiger partial charge is 0.329 e. The molecule has 0 spiro atoms. The van der Waals surface area contributed by atoms with Gasteiger partial charge in [-0.05, 0) is 66.3 Å². The molecule has 0 aliphatic carbocycles. The first-order valence-electron chi connectivity index (χ1n) is 7.77. The molecular formula is C15H32N4. The number of nitrogens with two attached hydrogens (primary N) is 1. The summed E-state index contributed by atoms with van der Waals surface area (Å²) in [5, 5.41) is 0. The zero-order valence-electron chi connectivity index (χ0n) is 13.2. The van der Waals surface area contributed by atoms with Gasteiger partial charge in [0.15, 0.2) is 0 Å². The molecule has 2 saturated heterocycles. The van der Waals surface area contributed by atoms with Crippen molar-refractivity contribution in [2.75, 3.05) is 53.9 Å². The molecule has 0 aromatic rings. The van der Waals surface area contributed by atoms with Crippen molar-refractivity contribution in [3.8, 4) is 0 Å². The van der Waals surface area contributed by atoms with Crippen LogP contribution in [0.3, 0.4) is 0 Å². The third kappa shape index (κ3) is 3.30. The van der Waals surface area contributed by atoms with Crippen LogP contribution in [-0.2, 0) is 0 Å². The second-order valence-electron chi connectivity index (χ2n) is 7.09. The highest BCUT2D eigenvalue weighted by atomic mass is 15.3. The monoisotopic (exact) mass is 268 g/mol. The highest BCUT2D eigenvalue weighted by molar-refractivity contribution is 5.03. The van der Waals surface area contributed by atoms with Gasteiger partial charge in [0.25, 0.3) is 0 Å². The number of piperidine rings is 1. The fourth-order valence-corrected chi connectivity index (χ4v) is 4.00. The van der Waals surface area contributed by atoms with Crippen molar-refractivity contribution in [3.05, 3.63) is 0 Å². The van der Waals surface area contributed by atoms with Crippen LogP contribution >= 0.6 is 0 Å². The molecular weight excluding hydrogens is 236 g/mol.